The Morgan fingerprint density at radius 3 is 2.16 bits per heavy atom. The number of fused-ring (bicyclic) bond motifs is 4. The van der Waals surface area contributed by atoms with Crippen LogP contribution < -0.4 is 16.4 Å². The van der Waals surface area contributed by atoms with Crippen LogP contribution in [0, 0.1) is 13.8 Å². The number of nitrogens with one attached hydrogen (secondary N) is 2. The van der Waals surface area contributed by atoms with Gasteiger partial charge in [0.15, 0.2) is 0 Å². The van der Waals surface area contributed by atoms with E-state index in [9.17, 15) is 0 Å². The molecule has 4 N–H and O–H groups in total. The number of amidine groups is 1. The van der Waals surface area contributed by atoms with Crippen molar-refractivity contribution in [3.63, 3.8) is 0 Å². The summed E-state index contributed by atoms with van der Waals surface area (Å²) in [6.45, 7) is 8.51. The van der Waals surface area contributed by atoms with Gasteiger partial charge < -0.3 is 26.2 Å². The van der Waals surface area contributed by atoms with E-state index in [2.05, 4.69) is 89.9 Å². The van der Waals surface area contributed by atoms with Gasteiger partial charge >= 0.3 is 0 Å². The third kappa shape index (κ3) is 4.95. The zero-order valence-corrected chi connectivity index (χ0v) is 23.5. The van der Waals surface area contributed by atoms with Gasteiger partial charge in [0.1, 0.15) is 15.8 Å². The van der Waals surface area contributed by atoms with Gasteiger partial charge in [0.05, 0.1) is 16.9 Å². The smallest absolute Gasteiger partial charge is 0.139 e. The molecule has 0 aliphatic carbocycles. The maximum atomic E-state index is 6.10. The summed E-state index contributed by atoms with van der Waals surface area (Å²) in [6, 6.07) is 20.9. The highest BCUT2D eigenvalue weighted by Crippen LogP contribution is 2.40. The molecule has 3 aliphatic rings. The van der Waals surface area contributed by atoms with Crippen molar-refractivity contribution in [1.82, 2.24) is 9.80 Å². The van der Waals surface area contributed by atoms with Crippen molar-refractivity contribution in [1.29, 1.82) is 0 Å². The molecule has 6 nitrogen and oxygen atoms in total. The minimum atomic E-state index is 0.830. The number of benzene rings is 2. The number of piperazine rings is 1. The third-order valence-corrected chi connectivity index (χ3v) is 8.90. The van der Waals surface area contributed by atoms with Crippen LogP contribution in [0.1, 0.15) is 26.4 Å². The minimum absolute atomic E-state index is 0.830. The van der Waals surface area contributed by atoms with Gasteiger partial charge in [-0.3, -0.25) is 0 Å². The van der Waals surface area contributed by atoms with Gasteiger partial charge in [-0.15, -0.1) is 22.7 Å². The van der Waals surface area contributed by atoms with E-state index < -0.39 is 0 Å². The topological polar surface area (TPSA) is 68.9 Å². The molecule has 1 fully saturated rings. The van der Waals surface area contributed by atoms with Crippen molar-refractivity contribution in [2.75, 3.05) is 43.9 Å². The van der Waals surface area contributed by atoms with Crippen LogP contribution in [0.3, 0.4) is 0 Å². The first kappa shape index (κ1) is 24.7. The van der Waals surface area contributed by atoms with Crippen molar-refractivity contribution in [2.45, 2.75) is 13.8 Å². The van der Waals surface area contributed by atoms with E-state index >= 15 is 0 Å². The normalized spacial score (nSPS) is 16.0. The number of thiophene rings is 2. The molecule has 2 aromatic carbocycles. The van der Waals surface area contributed by atoms with E-state index in [4.69, 9.17) is 10.7 Å². The van der Waals surface area contributed by atoms with E-state index in [1.165, 1.54) is 20.3 Å². The number of para-hydroxylation sites is 3. The number of likely N-dealkylation sites (N-methyl/N-ethyl adjacent to an activating group) is 1. The van der Waals surface area contributed by atoms with Gasteiger partial charge in [-0.25, -0.2) is 4.99 Å². The van der Waals surface area contributed by atoms with Gasteiger partial charge in [0.25, 0.3) is 0 Å². The molecule has 3 aliphatic heterocycles. The molecule has 0 amide bonds. The maximum Gasteiger partial charge on any atom is 0.139 e. The molecule has 0 atom stereocenters. The third-order valence-electron chi connectivity index (χ3n) is 6.96. The van der Waals surface area contributed by atoms with E-state index in [1.807, 2.05) is 18.2 Å². The monoisotopic (exact) mass is 540 g/mol. The summed E-state index contributed by atoms with van der Waals surface area (Å²) in [4.78, 5) is 12.4. The highest BCUT2D eigenvalue weighted by atomic mass is 32.1. The first-order chi connectivity index (χ1) is 18.4. The summed E-state index contributed by atoms with van der Waals surface area (Å²) < 4.78 is 0. The van der Waals surface area contributed by atoms with Gasteiger partial charge in [-0.05, 0) is 57.3 Å². The van der Waals surface area contributed by atoms with Crippen molar-refractivity contribution in [3.05, 3.63) is 87.1 Å². The second-order valence-electron chi connectivity index (χ2n) is 9.88. The number of aryl methyl sites for hydroxylation is 2. The molecule has 0 spiro atoms. The maximum absolute atomic E-state index is 6.10. The lowest BCUT2D eigenvalue weighted by Gasteiger charge is -2.34. The quantitative estimate of drug-likeness (QED) is 0.224. The number of nitrogens with zero attached hydrogens (tertiary/aromatic N) is 3. The van der Waals surface area contributed by atoms with Gasteiger partial charge in [0, 0.05) is 58.4 Å². The fourth-order valence-corrected chi connectivity index (χ4v) is 6.80. The minimum Gasteiger partial charge on any atom is -0.398 e. The lowest BCUT2D eigenvalue weighted by atomic mass is 10.1. The molecule has 0 unspecified atom stereocenters. The standard InChI is InChI=1S/C17H20N4S.C13H12N2S/c1-12-11-13-16(21-9-7-20(2)8-10-21)18-14-5-3-4-6-15(14)19-17(13)22-12;1-8-6-10-11(14)7-9-4-2-3-5-12(9)15-13(10)16-8/h3-6,11,19H,7-10H2,1-2H3;2-7,15H,14H2,1H3. The van der Waals surface area contributed by atoms with E-state index in [0.29, 0.717) is 0 Å². The lowest BCUT2D eigenvalue weighted by molar-refractivity contribution is 0.216. The van der Waals surface area contributed by atoms with Crippen molar-refractivity contribution in [3.8, 4) is 0 Å². The zero-order chi connectivity index (χ0) is 26.2. The number of anilines is 4. The first-order valence-electron chi connectivity index (χ1n) is 12.9. The second kappa shape index (κ2) is 10.3. The van der Waals surface area contributed by atoms with E-state index in [-0.39, 0.29) is 0 Å². The molecule has 7 rings (SSSR count). The predicted molar refractivity (Wildman–Crippen MR) is 165 cm³/mol. The fraction of sp³-hybridized carbons (Fsp3) is 0.233. The van der Waals surface area contributed by atoms with E-state index in [1.54, 1.807) is 22.7 Å². The van der Waals surface area contributed by atoms with Crippen LogP contribution in [0.5, 0.6) is 0 Å². The fourth-order valence-electron chi connectivity index (χ4n) is 4.93. The largest absolute Gasteiger partial charge is 0.398 e. The molecular formula is C30H32N6S2. The average molecular weight is 541 g/mol. The van der Waals surface area contributed by atoms with Crippen molar-refractivity contribution >= 4 is 67.3 Å². The molecule has 194 valence electrons. The van der Waals surface area contributed by atoms with Crippen LogP contribution in [0.4, 0.5) is 27.1 Å². The lowest BCUT2D eigenvalue weighted by Crippen LogP contribution is -2.47. The average Bonchev–Trinajstić information content (AvgIpc) is 3.38. The van der Waals surface area contributed by atoms with Crippen molar-refractivity contribution < 1.29 is 0 Å². The molecule has 2 aromatic heterocycles. The van der Waals surface area contributed by atoms with Crippen LogP contribution in [-0.4, -0.2) is 48.9 Å². The second-order valence-corrected chi connectivity index (χ2v) is 12.4. The van der Waals surface area contributed by atoms with Crippen LogP contribution >= 0.6 is 22.7 Å². The Morgan fingerprint density at radius 1 is 0.789 bits per heavy atom. The molecule has 0 saturated carbocycles. The zero-order valence-electron chi connectivity index (χ0n) is 21.9. The van der Waals surface area contributed by atoms with Gasteiger partial charge in [-0.1, -0.05) is 30.3 Å². The number of hydrogen-bond acceptors (Lipinski definition) is 8. The summed E-state index contributed by atoms with van der Waals surface area (Å²) >= 11 is 3.55. The number of nitrogens with two attached hydrogens (primary N) is 1. The van der Waals surface area contributed by atoms with Crippen LogP contribution in [-0.2, 0) is 0 Å². The van der Waals surface area contributed by atoms with Crippen LogP contribution in [0.2, 0.25) is 0 Å². The number of hydrogen-bond donors (Lipinski definition) is 3. The molecule has 8 heteroatoms. The Morgan fingerprint density at radius 2 is 1.39 bits per heavy atom. The summed E-state index contributed by atoms with van der Waals surface area (Å²) in [7, 11) is 2.18. The SMILES string of the molecule is Cc1cc2c(s1)Nc1ccccc1C=C2N.Cc1cc2c(s1)Nc1ccccc1N=C2N1CCN(C)CC1. The predicted octanol–water partition coefficient (Wildman–Crippen LogP) is 7.01. The molecule has 4 aromatic rings. The molecule has 38 heavy (non-hydrogen) atoms. The Bertz CT molecular complexity index is 1540. The summed E-state index contributed by atoms with van der Waals surface area (Å²) in [5.41, 5.74) is 13.7. The summed E-state index contributed by atoms with van der Waals surface area (Å²) in [5, 5.41) is 9.35. The first-order valence-corrected chi connectivity index (χ1v) is 14.5. The Hall–Kier alpha value is -3.59. The van der Waals surface area contributed by atoms with Gasteiger partial charge in [0.2, 0.25) is 0 Å². The molecule has 0 radical (unpaired) electrons. The molecule has 5 heterocycles. The van der Waals surface area contributed by atoms with Crippen molar-refractivity contribution in [2.24, 2.45) is 10.7 Å². The number of aliphatic imine (C=N–C) groups is 1. The van der Waals surface area contributed by atoms with Crippen LogP contribution in [0.15, 0.2) is 65.7 Å². The highest BCUT2D eigenvalue weighted by Gasteiger charge is 2.25. The Kier molecular flexibility index (Phi) is 6.69. The summed E-state index contributed by atoms with van der Waals surface area (Å²) in [5.74, 6) is 1.12. The van der Waals surface area contributed by atoms with E-state index in [0.717, 1.165) is 70.9 Å². The molecule has 1 saturated heterocycles. The molecule has 0 bridgehead atoms. The molecular weight excluding hydrogens is 509 g/mol. The Balaban J connectivity index is 0.000000146. The number of rotatable bonds is 0. The summed E-state index contributed by atoms with van der Waals surface area (Å²) in [6.07, 6.45) is 2.03. The van der Waals surface area contributed by atoms with Crippen LogP contribution in [0.25, 0.3) is 11.8 Å². The Labute approximate surface area is 232 Å². The highest BCUT2D eigenvalue weighted by molar-refractivity contribution is 7.16. The van der Waals surface area contributed by atoms with Gasteiger partial charge in [-0.2, -0.15) is 0 Å².